The van der Waals surface area contributed by atoms with Crippen molar-refractivity contribution in [2.45, 2.75) is 65.0 Å². The molecule has 1 atom stereocenters. The quantitative estimate of drug-likeness (QED) is 0.804. The number of carbonyl (C=O) groups excluding carboxylic acids is 2. The molecule has 2 aliphatic rings. The Balaban J connectivity index is 1.62. The Bertz CT molecular complexity index is 707. The first kappa shape index (κ1) is 18.6. The molecule has 7 nitrogen and oxygen atoms in total. The summed E-state index contributed by atoms with van der Waals surface area (Å²) in [6.45, 7) is 7.90. The van der Waals surface area contributed by atoms with E-state index in [9.17, 15) is 9.59 Å². The molecular weight excluding hydrogens is 332 g/mol. The number of amides is 1. The number of hydrogen-bond acceptors (Lipinski definition) is 5. The van der Waals surface area contributed by atoms with Gasteiger partial charge in [0.05, 0.1) is 5.69 Å². The van der Waals surface area contributed by atoms with Crippen molar-refractivity contribution in [1.82, 2.24) is 19.9 Å². The predicted octanol–water partition coefficient (Wildman–Crippen LogP) is 2.12. The predicted molar refractivity (Wildman–Crippen MR) is 96.2 cm³/mol. The van der Waals surface area contributed by atoms with Gasteiger partial charge in [0.2, 0.25) is 0 Å². The number of piperidine rings is 1. The number of likely N-dealkylation sites (tertiary alicyclic amines) is 1. The van der Waals surface area contributed by atoms with Crippen LogP contribution in [0.2, 0.25) is 0 Å². The lowest BCUT2D eigenvalue weighted by molar-refractivity contribution is -0.139. The zero-order chi connectivity index (χ0) is 18.7. The number of carbonyl (C=O) groups is 2. The Morgan fingerprint density at radius 1 is 1.42 bits per heavy atom. The SMILES string of the molecule is CCCc1cn(CC2CCCN(C(=O)C3=CC(=O)CC(C)(C)O3)C2)nn1. The summed E-state index contributed by atoms with van der Waals surface area (Å²) in [7, 11) is 0. The highest BCUT2D eigenvalue weighted by molar-refractivity contribution is 6.01. The standard InChI is InChI=1S/C19H28N4O3/c1-4-6-15-13-23(21-20-15)12-14-7-5-8-22(11-14)18(25)17-9-16(24)10-19(2,3)26-17/h9,13-14H,4-8,10-12H2,1-3H3. The highest BCUT2D eigenvalue weighted by Crippen LogP contribution is 2.27. The van der Waals surface area contributed by atoms with E-state index in [2.05, 4.69) is 17.2 Å². The van der Waals surface area contributed by atoms with E-state index < -0.39 is 5.60 Å². The van der Waals surface area contributed by atoms with Crippen LogP contribution >= 0.6 is 0 Å². The molecule has 1 unspecified atom stereocenters. The molecule has 0 saturated carbocycles. The first-order valence-corrected chi connectivity index (χ1v) is 9.48. The van der Waals surface area contributed by atoms with E-state index >= 15 is 0 Å². The molecule has 2 aliphatic heterocycles. The maximum atomic E-state index is 12.8. The normalized spacial score (nSPS) is 22.7. The van der Waals surface area contributed by atoms with Gasteiger partial charge in [-0.1, -0.05) is 18.6 Å². The van der Waals surface area contributed by atoms with E-state index in [0.717, 1.165) is 37.9 Å². The first-order valence-electron chi connectivity index (χ1n) is 9.48. The van der Waals surface area contributed by atoms with Gasteiger partial charge in [0.15, 0.2) is 11.5 Å². The van der Waals surface area contributed by atoms with Crippen LogP contribution in [0.1, 0.15) is 52.1 Å². The van der Waals surface area contributed by atoms with Crippen LogP contribution in [-0.2, 0) is 27.3 Å². The zero-order valence-electron chi connectivity index (χ0n) is 15.9. The van der Waals surface area contributed by atoms with Crippen LogP contribution in [0.4, 0.5) is 0 Å². The molecule has 3 rings (SSSR count). The molecule has 0 N–H and O–H groups in total. The first-order chi connectivity index (χ1) is 12.4. The molecule has 3 heterocycles. The van der Waals surface area contributed by atoms with E-state index in [1.165, 1.54) is 6.08 Å². The van der Waals surface area contributed by atoms with E-state index in [1.807, 2.05) is 24.7 Å². The monoisotopic (exact) mass is 360 g/mol. The Labute approximate surface area is 154 Å². The molecule has 1 fully saturated rings. The summed E-state index contributed by atoms with van der Waals surface area (Å²) in [5, 5.41) is 8.39. The maximum Gasteiger partial charge on any atom is 0.289 e. The summed E-state index contributed by atoms with van der Waals surface area (Å²) in [5.41, 5.74) is 0.389. The average Bonchev–Trinajstić information content (AvgIpc) is 3.00. The van der Waals surface area contributed by atoms with Crippen molar-refractivity contribution < 1.29 is 14.3 Å². The van der Waals surface area contributed by atoms with Crippen LogP contribution in [-0.4, -0.2) is 50.3 Å². The molecule has 0 bridgehead atoms. The van der Waals surface area contributed by atoms with Crippen LogP contribution in [0.15, 0.2) is 18.0 Å². The average molecular weight is 360 g/mol. The number of hydrogen-bond donors (Lipinski definition) is 0. The highest BCUT2D eigenvalue weighted by atomic mass is 16.5. The van der Waals surface area contributed by atoms with Crippen molar-refractivity contribution in [3.05, 3.63) is 23.7 Å². The Morgan fingerprint density at radius 2 is 2.23 bits per heavy atom. The lowest BCUT2D eigenvalue weighted by atomic mass is 9.96. The number of rotatable bonds is 5. The summed E-state index contributed by atoms with van der Waals surface area (Å²) in [6, 6.07) is 0. The molecule has 142 valence electrons. The number of nitrogens with zero attached hydrogens (tertiary/aromatic N) is 4. The van der Waals surface area contributed by atoms with Crippen LogP contribution in [0.25, 0.3) is 0 Å². The van der Waals surface area contributed by atoms with Gasteiger partial charge < -0.3 is 9.64 Å². The topological polar surface area (TPSA) is 77.3 Å². The minimum absolute atomic E-state index is 0.0516. The van der Waals surface area contributed by atoms with E-state index in [4.69, 9.17) is 4.74 Å². The van der Waals surface area contributed by atoms with E-state index in [1.54, 1.807) is 4.90 Å². The Hall–Kier alpha value is -2.18. The molecule has 7 heteroatoms. The maximum absolute atomic E-state index is 12.8. The smallest absolute Gasteiger partial charge is 0.289 e. The van der Waals surface area contributed by atoms with Crippen molar-refractivity contribution in [2.24, 2.45) is 5.92 Å². The third kappa shape index (κ3) is 4.51. The van der Waals surface area contributed by atoms with Crippen molar-refractivity contribution in [2.75, 3.05) is 13.1 Å². The van der Waals surface area contributed by atoms with Crippen molar-refractivity contribution in [3.63, 3.8) is 0 Å². The molecule has 0 aromatic carbocycles. The van der Waals surface area contributed by atoms with E-state index in [0.29, 0.717) is 25.4 Å². The fourth-order valence-electron chi connectivity index (χ4n) is 3.70. The van der Waals surface area contributed by atoms with Gasteiger partial charge in [-0.15, -0.1) is 5.10 Å². The van der Waals surface area contributed by atoms with Crippen molar-refractivity contribution in [3.8, 4) is 0 Å². The molecule has 1 saturated heterocycles. The highest BCUT2D eigenvalue weighted by Gasteiger charge is 2.35. The molecular formula is C19H28N4O3. The zero-order valence-corrected chi connectivity index (χ0v) is 15.9. The van der Waals surface area contributed by atoms with Gasteiger partial charge in [-0.3, -0.25) is 14.3 Å². The van der Waals surface area contributed by atoms with Crippen LogP contribution in [0, 0.1) is 5.92 Å². The summed E-state index contributed by atoms with van der Waals surface area (Å²) >= 11 is 0. The molecule has 1 aromatic rings. The Kier molecular flexibility index (Phi) is 5.44. The lowest BCUT2D eigenvalue weighted by Crippen LogP contribution is -2.44. The summed E-state index contributed by atoms with van der Waals surface area (Å²) < 4.78 is 7.65. The second kappa shape index (κ2) is 7.60. The van der Waals surface area contributed by atoms with Crippen molar-refractivity contribution >= 4 is 11.7 Å². The molecule has 0 aliphatic carbocycles. The number of ketones is 1. The van der Waals surface area contributed by atoms with Gasteiger partial charge in [0.1, 0.15) is 5.60 Å². The summed E-state index contributed by atoms with van der Waals surface area (Å²) in [4.78, 5) is 26.5. The van der Waals surface area contributed by atoms with Crippen LogP contribution < -0.4 is 0 Å². The number of aromatic nitrogens is 3. The molecule has 26 heavy (non-hydrogen) atoms. The van der Waals surface area contributed by atoms with E-state index in [-0.39, 0.29) is 17.4 Å². The second-order valence-electron chi connectivity index (χ2n) is 7.95. The molecule has 0 spiro atoms. The summed E-state index contributed by atoms with van der Waals surface area (Å²) in [6.07, 6.45) is 7.64. The largest absolute Gasteiger partial charge is 0.481 e. The van der Waals surface area contributed by atoms with Gasteiger partial charge in [-0.25, -0.2) is 0 Å². The summed E-state index contributed by atoms with van der Waals surface area (Å²) in [5.74, 6) is 0.278. The van der Waals surface area contributed by atoms with Gasteiger partial charge in [-0.05, 0) is 39.0 Å². The molecule has 1 aromatic heterocycles. The molecule has 0 radical (unpaired) electrons. The van der Waals surface area contributed by atoms with Crippen LogP contribution in [0.5, 0.6) is 0 Å². The van der Waals surface area contributed by atoms with Crippen LogP contribution in [0.3, 0.4) is 0 Å². The minimum atomic E-state index is -0.623. The molecule has 1 amide bonds. The number of ether oxygens (including phenoxy) is 1. The number of aryl methyl sites for hydroxylation is 1. The number of allylic oxidation sites excluding steroid dienone is 1. The Morgan fingerprint density at radius 3 is 2.96 bits per heavy atom. The third-order valence-electron chi connectivity index (χ3n) is 4.83. The lowest BCUT2D eigenvalue weighted by Gasteiger charge is -2.36. The fraction of sp³-hybridized carbons (Fsp3) is 0.684. The third-order valence-corrected chi connectivity index (χ3v) is 4.83. The van der Waals surface area contributed by atoms with Crippen molar-refractivity contribution in [1.29, 1.82) is 0 Å². The fourth-order valence-corrected chi connectivity index (χ4v) is 3.70. The van der Waals surface area contributed by atoms with Gasteiger partial charge >= 0.3 is 0 Å². The minimum Gasteiger partial charge on any atom is -0.481 e. The van der Waals surface area contributed by atoms with Gasteiger partial charge in [0, 0.05) is 38.3 Å². The van der Waals surface area contributed by atoms with Gasteiger partial charge in [0.25, 0.3) is 5.91 Å². The van der Waals surface area contributed by atoms with Gasteiger partial charge in [-0.2, -0.15) is 0 Å². The second-order valence-corrected chi connectivity index (χ2v) is 7.95.